The molecular formula is C19H14ClN3O2S. The number of aryl methyl sites for hydroxylation is 2. The molecule has 7 heteroatoms. The van der Waals surface area contributed by atoms with Gasteiger partial charge in [0.05, 0.1) is 5.69 Å². The highest BCUT2D eigenvalue weighted by Crippen LogP contribution is 2.30. The van der Waals surface area contributed by atoms with E-state index in [2.05, 4.69) is 15.3 Å². The maximum Gasteiger partial charge on any atom is 0.267 e. The fraction of sp³-hybridized carbons (Fsp3) is 0.105. The van der Waals surface area contributed by atoms with E-state index in [4.69, 9.17) is 16.0 Å². The predicted molar refractivity (Wildman–Crippen MR) is 104 cm³/mol. The van der Waals surface area contributed by atoms with Crippen LogP contribution in [0.1, 0.15) is 21.3 Å². The third-order valence-electron chi connectivity index (χ3n) is 3.83. The van der Waals surface area contributed by atoms with Crippen LogP contribution in [0.25, 0.3) is 21.7 Å². The normalized spacial score (nSPS) is 11.0. The quantitative estimate of drug-likeness (QED) is 0.509. The Labute approximate surface area is 158 Å². The lowest BCUT2D eigenvalue weighted by molar-refractivity contribution is 0.103. The van der Waals surface area contributed by atoms with Gasteiger partial charge in [0.2, 0.25) is 0 Å². The Kier molecular flexibility index (Phi) is 4.22. The second kappa shape index (κ2) is 6.55. The van der Waals surface area contributed by atoms with Crippen molar-refractivity contribution in [3.63, 3.8) is 0 Å². The first-order chi connectivity index (χ1) is 12.5. The first kappa shape index (κ1) is 16.8. The molecule has 0 aliphatic heterocycles. The number of hydrogen-bond acceptors (Lipinski definition) is 5. The molecule has 5 nitrogen and oxygen atoms in total. The van der Waals surface area contributed by atoms with Crippen LogP contribution in [-0.2, 0) is 0 Å². The van der Waals surface area contributed by atoms with Gasteiger partial charge in [-0.2, -0.15) is 0 Å². The molecule has 0 saturated carbocycles. The summed E-state index contributed by atoms with van der Waals surface area (Å²) >= 11 is 7.39. The number of oxazole rings is 1. The fourth-order valence-electron chi connectivity index (χ4n) is 2.66. The number of halogens is 1. The summed E-state index contributed by atoms with van der Waals surface area (Å²) < 4.78 is 5.45. The third kappa shape index (κ3) is 3.21. The van der Waals surface area contributed by atoms with E-state index in [1.165, 1.54) is 11.3 Å². The standard InChI is InChI=1S/C19H14ClN3O2S/c1-10-17(26-19(21-10)12-4-3-5-13(20)8-12)18(24)23-14-6-7-16-15(9-14)22-11(2)25-16/h3-9H,1-2H3,(H,23,24). The lowest BCUT2D eigenvalue weighted by Crippen LogP contribution is -2.11. The van der Waals surface area contributed by atoms with E-state index in [0.717, 1.165) is 10.6 Å². The maximum atomic E-state index is 12.7. The predicted octanol–water partition coefficient (Wildman–Crippen LogP) is 5.47. The molecule has 0 fully saturated rings. The highest BCUT2D eigenvalue weighted by atomic mass is 35.5. The summed E-state index contributed by atoms with van der Waals surface area (Å²) in [4.78, 5) is 22.0. The minimum absolute atomic E-state index is 0.201. The van der Waals surface area contributed by atoms with Crippen LogP contribution >= 0.6 is 22.9 Å². The fourth-order valence-corrected chi connectivity index (χ4v) is 3.81. The minimum Gasteiger partial charge on any atom is -0.441 e. The van der Waals surface area contributed by atoms with Crippen LogP contribution in [0, 0.1) is 13.8 Å². The number of aromatic nitrogens is 2. The summed E-state index contributed by atoms with van der Waals surface area (Å²) in [5.41, 5.74) is 3.64. The molecule has 1 N–H and O–H groups in total. The van der Waals surface area contributed by atoms with Crippen LogP contribution in [-0.4, -0.2) is 15.9 Å². The summed E-state index contributed by atoms with van der Waals surface area (Å²) in [6, 6.07) is 12.8. The van der Waals surface area contributed by atoms with Crippen molar-refractivity contribution in [1.29, 1.82) is 0 Å². The molecule has 4 rings (SSSR count). The summed E-state index contributed by atoms with van der Waals surface area (Å²) in [7, 11) is 0. The van der Waals surface area contributed by atoms with Crippen molar-refractivity contribution in [2.45, 2.75) is 13.8 Å². The van der Waals surface area contributed by atoms with Crippen LogP contribution in [0.15, 0.2) is 46.9 Å². The number of nitrogens with one attached hydrogen (secondary N) is 1. The van der Waals surface area contributed by atoms with Gasteiger partial charge in [-0.15, -0.1) is 11.3 Å². The van der Waals surface area contributed by atoms with E-state index in [-0.39, 0.29) is 5.91 Å². The highest BCUT2D eigenvalue weighted by molar-refractivity contribution is 7.17. The van der Waals surface area contributed by atoms with E-state index in [9.17, 15) is 4.79 Å². The number of hydrogen-bond donors (Lipinski definition) is 1. The molecule has 0 saturated heterocycles. The van der Waals surface area contributed by atoms with Crippen molar-refractivity contribution in [1.82, 2.24) is 9.97 Å². The number of fused-ring (bicyclic) bond motifs is 1. The molecule has 2 aromatic carbocycles. The molecule has 1 amide bonds. The number of nitrogens with zero attached hydrogens (tertiary/aromatic N) is 2. The third-order valence-corrected chi connectivity index (χ3v) is 5.27. The molecule has 26 heavy (non-hydrogen) atoms. The number of anilines is 1. The van der Waals surface area contributed by atoms with Crippen LogP contribution in [0.3, 0.4) is 0 Å². The Morgan fingerprint density at radius 1 is 1.15 bits per heavy atom. The Morgan fingerprint density at radius 2 is 2.00 bits per heavy atom. The lowest BCUT2D eigenvalue weighted by atomic mass is 10.2. The molecule has 0 unspecified atom stereocenters. The topological polar surface area (TPSA) is 68.0 Å². The van der Waals surface area contributed by atoms with E-state index in [0.29, 0.717) is 38.3 Å². The monoisotopic (exact) mass is 383 g/mol. The smallest absolute Gasteiger partial charge is 0.267 e. The van der Waals surface area contributed by atoms with E-state index >= 15 is 0 Å². The number of rotatable bonds is 3. The molecule has 0 radical (unpaired) electrons. The Balaban J connectivity index is 1.61. The molecule has 2 heterocycles. The number of carbonyl (C=O) groups excluding carboxylic acids is 1. The van der Waals surface area contributed by atoms with Gasteiger partial charge in [0.1, 0.15) is 15.4 Å². The van der Waals surface area contributed by atoms with Gasteiger partial charge in [0.25, 0.3) is 5.91 Å². The highest BCUT2D eigenvalue weighted by Gasteiger charge is 2.17. The molecule has 4 aromatic rings. The van der Waals surface area contributed by atoms with E-state index < -0.39 is 0 Å². The number of amides is 1. The second-order valence-electron chi connectivity index (χ2n) is 5.81. The minimum atomic E-state index is -0.201. The van der Waals surface area contributed by atoms with Gasteiger partial charge in [-0.05, 0) is 37.3 Å². The van der Waals surface area contributed by atoms with Gasteiger partial charge in [-0.25, -0.2) is 9.97 Å². The van der Waals surface area contributed by atoms with Crippen LogP contribution in [0.4, 0.5) is 5.69 Å². The van der Waals surface area contributed by atoms with Gasteiger partial charge in [0, 0.05) is 23.2 Å². The number of thiazole rings is 1. The van der Waals surface area contributed by atoms with Gasteiger partial charge >= 0.3 is 0 Å². The van der Waals surface area contributed by atoms with E-state index in [1.807, 2.05) is 25.1 Å². The van der Waals surface area contributed by atoms with Crippen molar-refractivity contribution in [3.05, 3.63) is 63.9 Å². The first-order valence-corrected chi connectivity index (χ1v) is 9.11. The molecule has 0 aliphatic carbocycles. The van der Waals surface area contributed by atoms with Crippen molar-refractivity contribution in [2.24, 2.45) is 0 Å². The van der Waals surface area contributed by atoms with Crippen LogP contribution in [0.2, 0.25) is 5.02 Å². The number of benzene rings is 2. The zero-order chi connectivity index (χ0) is 18.3. The van der Waals surface area contributed by atoms with Gasteiger partial charge in [0.15, 0.2) is 11.5 Å². The summed E-state index contributed by atoms with van der Waals surface area (Å²) in [5.74, 6) is 0.390. The van der Waals surface area contributed by atoms with Crippen LogP contribution < -0.4 is 5.32 Å². The molecule has 0 atom stereocenters. The molecule has 0 spiro atoms. The molecule has 130 valence electrons. The zero-order valence-electron chi connectivity index (χ0n) is 14.0. The number of carbonyl (C=O) groups is 1. The molecule has 0 bridgehead atoms. The largest absolute Gasteiger partial charge is 0.441 e. The van der Waals surface area contributed by atoms with Crippen LogP contribution in [0.5, 0.6) is 0 Å². The Bertz CT molecular complexity index is 1130. The zero-order valence-corrected chi connectivity index (χ0v) is 15.6. The molecular weight excluding hydrogens is 370 g/mol. The SMILES string of the molecule is Cc1nc2cc(NC(=O)c3sc(-c4cccc(Cl)c4)nc3C)ccc2o1. The Hall–Kier alpha value is -2.70. The Morgan fingerprint density at radius 3 is 2.81 bits per heavy atom. The molecule has 2 aromatic heterocycles. The lowest BCUT2D eigenvalue weighted by Gasteiger charge is -2.03. The summed E-state index contributed by atoms with van der Waals surface area (Å²) in [6.07, 6.45) is 0. The summed E-state index contributed by atoms with van der Waals surface area (Å²) in [5, 5.41) is 4.30. The van der Waals surface area contributed by atoms with Crippen molar-refractivity contribution >= 4 is 45.6 Å². The maximum absolute atomic E-state index is 12.7. The van der Waals surface area contributed by atoms with Crippen molar-refractivity contribution in [2.75, 3.05) is 5.32 Å². The average Bonchev–Trinajstić information content (AvgIpc) is 3.16. The van der Waals surface area contributed by atoms with Gasteiger partial charge in [-0.1, -0.05) is 23.7 Å². The van der Waals surface area contributed by atoms with Gasteiger partial charge in [-0.3, -0.25) is 4.79 Å². The van der Waals surface area contributed by atoms with Crippen molar-refractivity contribution < 1.29 is 9.21 Å². The van der Waals surface area contributed by atoms with Crippen molar-refractivity contribution in [3.8, 4) is 10.6 Å². The molecule has 0 aliphatic rings. The van der Waals surface area contributed by atoms with E-state index in [1.54, 1.807) is 31.2 Å². The average molecular weight is 384 g/mol. The first-order valence-electron chi connectivity index (χ1n) is 7.91. The summed E-state index contributed by atoms with van der Waals surface area (Å²) in [6.45, 7) is 3.61. The van der Waals surface area contributed by atoms with Gasteiger partial charge < -0.3 is 9.73 Å². The second-order valence-corrected chi connectivity index (χ2v) is 7.25.